The van der Waals surface area contributed by atoms with Crippen LogP contribution in [0.5, 0.6) is 0 Å². The molecule has 0 unspecified atom stereocenters. The SMILES string of the molecule is CCn1cc(N[C@@H](C)C(=O)NC(C)(C)C)cn1. The summed E-state index contributed by atoms with van der Waals surface area (Å²) >= 11 is 0. The molecule has 0 saturated carbocycles. The lowest BCUT2D eigenvalue weighted by atomic mass is 10.1. The predicted octanol–water partition coefficient (Wildman–Crippen LogP) is 1.62. The fourth-order valence-corrected chi connectivity index (χ4v) is 1.40. The molecule has 1 atom stereocenters. The van der Waals surface area contributed by atoms with Gasteiger partial charge < -0.3 is 10.6 Å². The summed E-state index contributed by atoms with van der Waals surface area (Å²) in [5.74, 6) is -0.0123. The quantitative estimate of drug-likeness (QED) is 0.838. The van der Waals surface area contributed by atoms with Crippen molar-refractivity contribution in [2.45, 2.75) is 52.7 Å². The Labute approximate surface area is 103 Å². The van der Waals surface area contributed by atoms with Gasteiger partial charge in [0.05, 0.1) is 11.9 Å². The van der Waals surface area contributed by atoms with Gasteiger partial charge in [-0.3, -0.25) is 9.48 Å². The summed E-state index contributed by atoms with van der Waals surface area (Å²) in [6, 6.07) is -0.274. The molecule has 96 valence electrons. The summed E-state index contributed by atoms with van der Waals surface area (Å²) < 4.78 is 1.82. The Kier molecular flexibility index (Phi) is 4.15. The van der Waals surface area contributed by atoms with Crippen molar-refractivity contribution >= 4 is 11.6 Å². The van der Waals surface area contributed by atoms with Gasteiger partial charge in [0.1, 0.15) is 6.04 Å². The average Bonchev–Trinajstić information content (AvgIpc) is 2.62. The lowest BCUT2D eigenvalue weighted by Crippen LogP contribution is -2.47. The highest BCUT2D eigenvalue weighted by atomic mass is 16.2. The molecule has 0 bridgehead atoms. The molecule has 1 amide bonds. The maximum atomic E-state index is 11.8. The van der Waals surface area contributed by atoms with Gasteiger partial charge in [-0.2, -0.15) is 5.10 Å². The monoisotopic (exact) mass is 238 g/mol. The molecule has 1 aromatic heterocycles. The number of hydrogen-bond donors (Lipinski definition) is 2. The first-order valence-electron chi connectivity index (χ1n) is 5.93. The number of aromatic nitrogens is 2. The third-order valence-corrected chi connectivity index (χ3v) is 2.23. The number of nitrogens with zero attached hydrogens (tertiary/aromatic N) is 2. The zero-order valence-electron chi connectivity index (χ0n) is 11.2. The van der Waals surface area contributed by atoms with Crippen LogP contribution >= 0.6 is 0 Å². The molecule has 0 fully saturated rings. The second kappa shape index (κ2) is 5.21. The van der Waals surface area contributed by atoms with Crippen LogP contribution in [0.25, 0.3) is 0 Å². The molecule has 0 aliphatic carbocycles. The van der Waals surface area contributed by atoms with Crippen molar-refractivity contribution in [3.8, 4) is 0 Å². The number of aryl methyl sites for hydroxylation is 1. The summed E-state index contributed by atoms with van der Waals surface area (Å²) in [6.07, 6.45) is 3.62. The lowest BCUT2D eigenvalue weighted by Gasteiger charge is -2.23. The Balaban J connectivity index is 2.54. The van der Waals surface area contributed by atoms with Crippen LogP contribution in [-0.4, -0.2) is 27.3 Å². The molecular formula is C12H22N4O. The van der Waals surface area contributed by atoms with E-state index in [0.29, 0.717) is 0 Å². The van der Waals surface area contributed by atoms with Crippen molar-refractivity contribution < 1.29 is 4.79 Å². The van der Waals surface area contributed by atoms with Gasteiger partial charge in [-0.1, -0.05) is 0 Å². The van der Waals surface area contributed by atoms with Gasteiger partial charge in [0, 0.05) is 18.3 Å². The van der Waals surface area contributed by atoms with E-state index >= 15 is 0 Å². The second-order valence-corrected chi connectivity index (χ2v) is 5.19. The van der Waals surface area contributed by atoms with E-state index in [4.69, 9.17) is 0 Å². The predicted molar refractivity (Wildman–Crippen MR) is 68.9 cm³/mol. The van der Waals surface area contributed by atoms with Crippen LogP contribution in [0.4, 0.5) is 5.69 Å². The third-order valence-electron chi connectivity index (χ3n) is 2.23. The Morgan fingerprint density at radius 2 is 2.18 bits per heavy atom. The molecule has 5 nitrogen and oxygen atoms in total. The van der Waals surface area contributed by atoms with Crippen LogP contribution in [0.3, 0.4) is 0 Å². The highest BCUT2D eigenvalue weighted by Crippen LogP contribution is 2.07. The van der Waals surface area contributed by atoms with Crippen LogP contribution in [0, 0.1) is 0 Å². The Hall–Kier alpha value is -1.52. The fourth-order valence-electron chi connectivity index (χ4n) is 1.40. The van der Waals surface area contributed by atoms with E-state index in [1.54, 1.807) is 6.20 Å². The number of carbonyl (C=O) groups excluding carboxylic acids is 1. The molecule has 0 spiro atoms. The highest BCUT2D eigenvalue weighted by molar-refractivity contribution is 5.84. The van der Waals surface area contributed by atoms with E-state index in [1.807, 2.05) is 45.5 Å². The lowest BCUT2D eigenvalue weighted by molar-refractivity contribution is -0.122. The van der Waals surface area contributed by atoms with Crippen molar-refractivity contribution in [3.63, 3.8) is 0 Å². The Bertz CT molecular complexity index is 378. The van der Waals surface area contributed by atoms with Crippen LogP contribution in [0.15, 0.2) is 12.4 Å². The number of anilines is 1. The topological polar surface area (TPSA) is 59.0 Å². The van der Waals surface area contributed by atoms with Crippen molar-refractivity contribution in [2.75, 3.05) is 5.32 Å². The van der Waals surface area contributed by atoms with Crippen LogP contribution in [0.2, 0.25) is 0 Å². The zero-order valence-corrected chi connectivity index (χ0v) is 11.2. The minimum atomic E-state index is -0.274. The minimum absolute atomic E-state index is 0.0123. The molecule has 1 rings (SSSR count). The number of rotatable bonds is 4. The van der Waals surface area contributed by atoms with Crippen LogP contribution < -0.4 is 10.6 Å². The normalized spacial score (nSPS) is 13.2. The van der Waals surface area contributed by atoms with E-state index in [2.05, 4.69) is 15.7 Å². The van der Waals surface area contributed by atoms with Gasteiger partial charge in [-0.25, -0.2) is 0 Å². The molecule has 0 aliphatic heterocycles. The molecule has 0 radical (unpaired) electrons. The zero-order chi connectivity index (χ0) is 13.1. The van der Waals surface area contributed by atoms with Crippen molar-refractivity contribution in [1.82, 2.24) is 15.1 Å². The molecular weight excluding hydrogens is 216 g/mol. The summed E-state index contributed by atoms with van der Waals surface area (Å²) in [5, 5.41) is 10.2. The number of nitrogens with one attached hydrogen (secondary N) is 2. The molecule has 1 heterocycles. The van der Waals surface area contributed by atoms with Crippen molar-refractivity contribution in [2.24, 2.45) is 0 Å². The smallest absolute Gasteiger partial charge is 0.242 e. The Morgan fingerprint density at radius 1 is 1.53 bits per heavy atom. The maximum Gasteiger partial charge on any atom is 0.242 e. The summed E-state index contributed by atoms with van der Waals surface area (Å²) in [6.45, 7) is 10.6. The standard InChI is InChI=1S/C12H22N4O/c1-6-16-8-10(7-13-16)14-9(2)11(17)15-12(3,4)5/h7-9,14H,6H2,1-5H3,(H,15,17)/t9-/m0/s1. The molecule has 5 heteroatoms. The van der Waals surface area contributed by atoms with E-state index in [-0.39, 0.29) is 17.5 Å². The molecule has 0 aromatic carbocycles. The van der Waals surface area contributed by atoms with E-state index in [0.717, 1.165) is 12.2 Å². The maximum absolute atomic E-state index is 11.8. The number of hydrogen-bond acceptors (Lipinski definition) is 3. The van der Waals surface area contributed by atoms with Gasteiger partial charge in [-0.05, 0) is 34.6 Å². The first kappa shape index (κ1) is 13.5. The van der Waals surface area contributed by atoms with Gasteiger partial charge in [0.25, 0.3) is 0 Å². The van der Waals surface area contributed by atoms with Crippen LogP contribution in [-0.2, 0) is 11.3 Å². The van der Waals surface area contributed by atoms with Gasteiger partial charge in [0.2, 0.25) is 5.91 Å². The average molecular weight is 238 g/mol. The van der Waals surface area contributed by atoms with E-state index in [1.165, 1.54) is 0 Å². The molecule has 1 aromatic rings. The summed E-state index contributed by atoms with van der Waals surface area (Å²) in [7, 11) is 0. The number of carbonyl (C=O) groups is 1. The first-order valence-corrected chi connectivity index (χ1v) is 5.93. The number of amides is 1. The first-order chi connectivity index (χ1) is 7.81. The fraction of sp³-hybridized carbons (Fsp3) is 0.667. The van der Waals surface area contributed by atoms with Crippen LogP contribution in [0.1, 0.15) is 34.6 Å². The largest absolute Gasteiger partial charge is 0.371 e. The molecule has 2 N–H and O–H groups in total. The minimum Gasteiger partial charge on any atom is -0.371 e. The van der Waals surface area contributed by atoms with E-state index in [9.17, 15) is 4.79 Å². The third kappa shape index (κ3) is 4.46. The molecule has 0 saturated heterocycles. The van der Waals surface area contributed by atoms with Gasteiger partial charge >= 0.3 is 0 Å². The summed E-state index contributed by atoms with van der Waals surface area (Å²) in [5.41, 5.74) is 0.657. The van der Waals surface area contributed by atoms with Gasteiger partial charge in [0.15, 0.2) is 0 Å². The summed E-state index contributed by atoms with van der Waals surface area (Å²) in [4.78, 5) is 11.8. The van der Waals surface area contributed by atoms with Gasteiger partial charge in [-0.15, -0.1) is 0 Å². The molecule has 0 aliphatic rings. The highest BCUT2D eigenvalue weighted by Gasteiger charge is 2.19. The van der Waals surface area contributed by atoms with Crippen molar-refractivity contribution in [3.05, 3.63) is 12.4 Å². The molecule has 17 heavy (non-hydrogen) atoms. The van der Waals surface area contributed by atoms with E-state index < -0.39 is 0 Å². The second-order valence-electron chi connectivity index (χ2n) is 5.19. The van der Waals surface area contributed by atoms with Crippen molar-refractivity contribution in [1.29, 1.82) is 0 Å². The Morgan fingerprint density at radius 3 is 2.65 bits per heavy atom.